The van der Waals surface area contributed by atoms with E-state index in [1.165, 1.54) is 6.42 Å². The molecule has 1 N–H and O–H groups in total. The van der Waals surface area contributed by atoms with Crippen molar-refractivity contribution in [3.8, 4) is 0 Å². The van der Waals surface area contributed by atoms with Crippen molar-refractivity contribution in [3.63, 3.8) is 0 Å². The number of pyridine rings is 1. The molecule has 0 saturated carbocycles. The number of likely N-dealkylation sites (N-methyl/N-ethyl adjacent to an activating group) is 1. The highest BCUT2D eigenvalue weighted by Gasteiger charge is 2.23. The van der Waals surface area contributed by atoms with Gasteiger partial charge in [0.05, 0.1) is 6.61 Å². The van der Waals surface area contributed by atoms with Gasteiger partial charge < -0.3 is 14.9 Å². The Morgan fingerprint density at radius 3 is 2.79 bits per heavy atom. The molecule has 0 amide bonds. The Morgan fingerprint density at radius 2 is 2.16 bits per heavy atom. The number of nitrogens with zero attached hydrogens (tertiary/aromatic N) is 3. The number of anilines is 1. The minimum absolute atomic E-state index is 0.0685. The van der Waals surface area contributed by atoms with E-state index in [-0.39, 0.29) is 6.61 Å². The number of rotatable bonds is 3. The zero-order chi connectivity index (χ0) is 13.8. The highest BCUT2D eigenvalue weighted by Crippen LogP contribution is 2.21. The predicted octanol–water partition coefficient (Wildman–Crippen LogP) is 1.80. The summed E-state index contributed by atoms with van der Waals surface area (Å²) in [6.07, 6.45) is 2.31. The summed E-state index contributed by atoms with van der Waals surface area (Å²) in [5.74, 6) is 1.05. The topological polar surface area (TPSA) is 39.6 Å². The summed E-state index contributed by atoms with van der Waals surface area (Å²) in [5, 5.41) is 9.24. The molecule has 0 aromatic carbocycles. The maximum atomic E-state index is 9.24. The highest BCUT2D eigenvalue weighted by molar-refractivity contribution is 5.43. The number of aliphatic hydroxyl groups excluding tert-OH is 1. The third kappa shape index (κ3) is 3.25. The molecule has 1 aliphatic heterocycles. The molecule has 0 spiro atoms. The molecule has 2 heterocycles. The van der Waals surface area contributed by atoms with E-state index in [0.29, 0.717) is 6.04 Å². The first-order chi connectivity index (χ1) is 9.15. The van der Waals surface area contributed by atoms with Crippen molar-refractivity contribution in [2.75, 3.05) is 31.6 Å². The summed E-state index contributed by atoms with van der Waals surface area (Å²) in [4.78, 5) is 9.51. The highest BCUT2D eigenvalue weighted by atomic mass is 16.3. The SMILES string of the molecule is CCC1CN(C)CCCN1c1ccc(CO)c(C)n1. The molecule has 0 radical (unpaired) electrons. The molecule has 1 fully saturated rings. The Labute approximate surface area is 116 Å². The van der Waals surface area contributed by atoms with Crippen LogP contribution in [-0.4, -0.2) is 47.7 Å². The molecule has 2 rings (SSSR count). The summed E-state index contributed by atoms with van der Waals surface area (Å²) in [7, 11) is 2.19. The van der Waals surface area contributed by atoms with Crippen molar-refractivity contribution >= 4 is 5.82 Å². The van der Waals surface area contributed by atoms with Gasteiger partial charge in [-0.15, -0.1) is 0 Å². The molecule has 4 nitrogen and oxygen atoms in total. The maximum Gasteiger partial charge on any atom is 0.129 e. The van der Waals surface area contributed by atoms with E-state index in [1.54, 1.807) is 0 Å². The first-order valence-electron chi connectivity index (χ1n) is 7.18. The van der Waals surface area contributed by atoms with Gasteiger partial charge in [0, 0.05) is 24.8 Å². The van der Waals surface area contributed by atoms with Gasteiger partial charge in [-0.3, -0.25) is 0 Å². The van der Waals surface area contributed by atoms with Gasteiger partial charge >= 0.3 is 0 Å². The fourth-order valence-electron chi connectivity index (χ4n) is 2.80. The molecular formula is C15H25N3O. The fraction of sp³-hybridized carbons (Fsp3) is 0.667. The van der Waals surface area contributed by atoms with E-state index in [4.69, 9.17) is 0 Å². The van der Waals surface area contributed by atoms with Crippen molar-refractivity contribution in [1.29, 1.82) is 0 Å². The van der Waals surface area contributed by atoms with E-state index >= 15 is 0 Å². The molecule has 1 aromatic heterocycles. The van der Waals surface area contributed by atoms with Crippen molar-refractivity contribution in [3.05, 3.63) is 23.4 Å². The summed E-state index contributed by atoms with van der Waals surface area (Å²) >= 11 is 0. The first kappa shape index (κ1) is 14.3. The molecular weight excluding hydrogens is 238 g/mol. The van der Waals surface area contributed by atoms with Gasteiger partial charge in [0.1, 0.15) is 5.82 Å². The van der Waals surface area contributed by atoms with E-state index in [9.17, 15) is 5.11 Å². The van der Waals surface area contributed by atoms with E-state index < -0.39 is 0 Å². The summed E-state index contributed by atoms with van der Waals surface area (Å²) in [6.45, 7) is 7.60. The molecule has 1 aliphatic rings. The second-order valence-corrected chi connectivity index (χ2v) is 5.44. The van der Waals surface area contributed by atoms with Gasteiger partial charge in [0.2, 0.25) is 0 Å². The van der Waals surface area contributed by atoms with Crippen molar-refractivity contribution in [2.24, 2.45) is 0 Å². The molecule has 1 aromatic rings. The molecule has 19 heavy (non-hydrogen) atoms. The standard InChI is InChI=1S/C15H25N3O/c1-4-14-10-17(3)8-5-9-18(14)15-7-6-13(11-19)12(2)16-15/h6-7,14,19H,4-5,8-11H2,1-3H3. The number of aromatic nitrogens is 1. The van der Waals surface area contributed by atoms with E-state index in [1.807, 2.05) is 19.1 Å². The van der Waals surface area contributed by atoms with Crippen molar-refractivity contribution in [2.45, 2.75) is 39.3 Å². The molecule has 1 saturated heterocycles. The van der Waals surface area contributed by atoms with Crippen LogP contribution in [-0.2, 0) is 6.61 Å². The number of hydrogen-bond donors (Lipinski definition) is 1. The fourth-order valence-corrected chi connectivity index (χ4v) is 2.80. The minimum Gasteiger partial charge on any atom is -0.392 e. The maximum absolute atomic E-state index is 9.24. The van der Waals surface area contributed by atoms with Crippen LogP contribution in [0.1, 0.15) is 31.0 Å². The van der Waals surface area contributed by atoms with Gasteiger partial charge in [-0.1, -0.05) is 13.0 Å². The number of hydrogen-bond acceptors (Lipinski definition) is 4. The molecule has 1 unspecified atom stereocenters. The molecule has 0 aliphatic carbocycles. The smallest absolute Gasteiger partial charge is 0.129 e. The van der Waals surface area contributed by atoms with Gasteiger partial charge in [0.25, 0.3) is 0 Å². The van der Waals surface area contributed by atoms with E-state index in [0.717, 1.165) is 43.1 Å². The lowest BCUT2D eigenvalue weighted by atomic mass is 10.1. The van der Waals surface area contributed by atoms with Crippen LogP contribution in [0.25, 0.3) is 0 Å². The quantitative estimate of drug-likeness (QED) is 0.903. The third-order valence-electron chi connectivity index (χ3n) is 4.02. The monoisotopic (exact) mass is 263 g/mol. The Morgan fingerprint density at radius 1 is 1.37 bits per heavy atom. The second-order valence-electron chi connectivity index (χ2n) is 5.44. The van der Waals surface area contributed by atoms with Crippen molar-refractivity contribution < 1.29 is 5.11 Å². The summed E-state index contributed by atoms with van der Waals surface area (Å²) in [5.41, 5.74) is 1.86. The second kappa shape index (κ2) is 6.35. The largest absolute Gasteiger partial charge is 0.392 e. The van der Waals surface area contributed by atoms with Gasteiger partial charge in [-0.2, -0.15) is 0 Å². The van der Waals surface area contributed by atoms with Crippen LogP contribution in [0, 0.1) is 6.92 Å². The van der Waals surface area contributed by atoms with Crippen LogP contribution >= 0.6 is 0 Å². The minimum atomic E-state index is 0.0685. The molecule has 1 atom stereocenters. The summed E-state index contributed by atoms with van der Waals surface area (Å²) < 4.78 is 0. The zero-order valence-electron chi connectivity index (χ0n) is 12.3. The molecule has 4 heteroatoms. The van der Waals surface area contributed by atoms with Crippen LogP contribution in [0.15, 0.2) is 12.1 Å². The van der Waals surface area contributed by atoms with Gasteiger partial charge in [-0.25, -0.2) is 4.98 Å². The van der Waals surface area contributed by atoms with Crippen LogP contribution in [0.3, 0.4) is 0 Å². The average Bonchev–Trinajstić information content (AvgIpc) is 2.60. The average molecular weight is 263 g/mol. The van der Waals surface area contributed by atoms with Crippen LogP contribution < -0.4 is 4.90 Å². The third-order valence-corrected chi connectivity index (χ3v) is 4.02. The predicted molar refractivity (Wildman–Crippen MR) is 78.4 cm³/mol. The lowest BCUT2D eigenvalue weighted by Crippen LogP contribution is -2.40. The van der Waals surface area contributed by atoms with Crippen LogP contribution in [0.5, 0.6) is 0 Å². The van der Waals surface area contributed by atoms with Crippen LogP contribution in [0.4, 0.5) is 5.82 Å². The summed E-state index contributed by atoms with van der Waals surface area (Å²) in [6, 6.07) is 4.57. The lowest BCUT2D eigenvalue weighted by molar-refractivity contribution is 0.280. The molecule has 106 valence electrons. The Kier molecular flexibility index (Phi) is 4.77. The van der Waals surface area contributed by atoms with Gasteiger partial charge in [-0.05, 0) is 45.0 Å². The molecule has 0 bridgehead atoms. The zero-order valence-corrected chi connectivity index (χ0v) is 12.3. The lowest BCUT2D eigenvalue weighted by Gasteiger charge is -2.31. The van der Waals surface area contributed by atoms with Gasteiger partial charge in [0.15, 0.2) is 0 Å². The van der Waals surface area contributed by atoms with Crippen LogP contribution in [0.2, 0.25) is 0 Å². The number of aryl methyl sites for hydroxylation is 1. The Hall–Kier alpha value is -1.13. The normalized spacial score (nSPS) is 21.5. The Bertz CT molecular complexity index is 422. The number of aliphatic hydroxyl groups is 1. The Balaban J connectivity index is 2.25. The van der Waals surface area contributed by atoms with Crippen molar-refractivity contribution in [1.82, 2.24) is 9.88 Å². The first-order valence-corrected chi connectivity index (χ1v) is 7.18. The van der Waals surface area contributed by atoms with E-state index in [2.05, 4.69) is 28.8 Å².